The minimum Gasteiger partial charge on any atom is -0.468 e. The smallest absolute Gasteiger partial charge is 0.407 e. The van der Waals surface area contributed by atoms with E-state index in [0.29, 0.717) is 6.54 Å². The molecule has 1 aromatic rings. The van der Waals surface area contributed by atoms with Crippen molar-refractivity contribution in [1.82, 2.24) is 10.6 Å². The van der Waals surface area contributed by atoms with Gasteiger partial charge >= 0.3 is 6.09 Å². The van der Waals surface area contributed by atoms with Gasteiger partial charge < -0.3 is 19.8 Å². The van der Waals surface area contributed by atoms with Crippen molar-refractivity contribution < 1.29 is 13.9 Å². The fourth-order valence-electron chi connectivity index (χ4n) is 2.99. The van der Waals surface area contributed by atoms with Gasteiger partial charge in [-0.25, -0.2) is 4.79 Å². The van der Waals surface area contributed by atoms with Crippen molar-refractivity contribution in [2.75, 3.05) is 0 Å². The van der Waals surface area contributed by atoms with Crippen LogP contribution in [0.2, 0.25) is 0 Å². The van der Waals surface area contributed by atoms with Gasteiger partial charge in [0.15, 0.2) is 0 Å². The Hall–Kier alpha value is -1.49. The van der Waals surface area contributed by atoms with E-state index in [-0.39, 0.29) is 18.2 Å². The van der Waals surface area contributed by atoms with Crippen LogP contribution in [-0.4, -0.2) is 23.8 Å². The lowest BCUT2D eigenvalue weighted by molar-refractivity contribution is 0.0489. The van der Waals surface area contributed by atoms with Gasteiger partial charge in [-0.3, -0.25) is 0 Å². The molecule has 1 heterocycles. The van der Waals surface area contributed by atoms with E-state index >= 15 is 0 Å². The predicted molar refractivity (Wildman–Crippen MR) is 90.3 cm³/mol. The molecule has 5 heteroatoms. The number of alkyl carbamates (subject to hydrolysis) is 1. The molecule has 1 aliphatic carbocycles. The van der Waals surface area contributed by atoms with E-state index in [2.05, 4.69) is 10.6 Å². The number of hydrogen-bond donors (Lipinski definition) is 2. The Morgan fingerprint density at radius 2 is 1.96 bits per heavy atom. The van der Waals surface area contributed by atoms with E-state index in [1.807, 2.05) is 33.8 Å². The van der Waals surface area contributed by atoms with Crippen molar-refractivity contribution in [3.8, 4) is 0 Å². The highest BCUT2D eigenvalue weighted by Crippen LogP contribution is 2.20. The van der Waals surface area contributed by atoms with Gasteiger partial charge in [-0.1, -0.05) is 19.3 Å². The maximum atomic E-state index is 12.1. The van der Waals surface area contributed by atoms with Gasteiger partial charge in [0.25, 0.3) is 0 Å². The average molecular weight is 322 g/mol. The molecule has 2 rings (SSSR count). The van der Waals surface area contributed by atoms with E-state index in [1.165, 1.54) is 12.8 Å². The number of nitrogens with one attached hydrogen (secondary N) is 2. The summed E-state index contributed by atoms with van der Waals surface area (Å²) in [6.07, 6.45) is 6.96. The second-order valence-corrected chi connectivity index (χ2v) is 7.40. The number of aryl methyl sites for hydroxylation is 1. The molecule has 0 aromatic carbocycles. The van der Waals surface area contributed by atoms with Crippen molar-refractivity contribution in [2.45, 2.75) is 84.0 Å². The molecule has 130 valence electrons. The summed E-state index contributed by atoms with van der Waals surface area (Å²) in [6, 6.07) is 2.32. The summed E-state index contributed by atoms with van der Waals surface area (Å²) in [7, 11) is 0. The van der Waals surface area contributed by atoms with Gasteiger partial charge in [0.05, 0.1) is 12.8 Å². The molecule has 1 saturated carbocycles. The van der Waals surface area contributed by atoms with E-state index < -0.39 is 5.60 Å². The van der Waals surface area contributed by atoms with Crippen LogP contribution in [0, 0.1) is 6.92 Å². The lowest BCUT2D eigenvalue weighted by Gasteiger charge is -2.28. The van der Waals surface area contributed by atoms with Crippen LogP contribution in [0.3, 0.4) is 0 Å². The molecule has 1 aromatic heterocycles. The van der Waals surface area contributed by atoms with Crippen molar-refractivity contribution in [2.24, 2.45) is 0 Å². The Morgan fingerprint density at radius 1 is 1.26 bits per heavy atom. The molecule has 0 aliphatic heterocycles. The number of hydrogen-bond acceptors (Lipinski definition) is 4. The van der Waals surface area contributed by atoms with Crippen molar-refractivity contribution in [3.63, 3.8) is 0 Å². The zero-order valence-corrected chi connectivity index (χ0v) is 14.8. The monoisotopic (exact) mass is 322 g/mol. The second kappa shape index (κ2) is 7.86. The summed E-state index contributed by atoms with van der Waals surface area (Å²) in [5.41, 5.74) is 0.686. The van der Waals surface area contributed by atoms with Gasteiger partial charge in [0.2, 0.25) is 0 Å². The highest BCUT2D eigenvalue weighted by atomic mass is 16.6. The van der Waals surface area contributed by atoms with Crippen LogP contribution in [0.5, 0.6) is 0 Å². The second-order valence-electron chi connectivity index (χ2n) is 7.40. The third kappa shape index (κ3) is 5.90. The Kier molecular flexibility index (Phi) is 6.10. The van der Waals surface area contributed by atoms with Crippen molar-refractivity contribution >= 4 is 6.09 Å². The SMILES string of the molecule is Cc1ccoc1CNC1CCCCCC1NC(=O)OC(C)(C)C. The first-order chi connectivity index (χ1) is 10.8. The minimum atomic E-state index is -0.469. The molecule has 0 saturated heterocycles. The lowest BCUT2D eigenvalue weighted by Crippen LogP contribution is -2.50. The summed E-state index contributed by atoms with van der Waals surface area (Å²) in [5, 5.41) is 6.62. The minimum absolute atomic E-state index is 0.0996. The van der Waals surface area contributed by atoms with E-state index in [9.17, 15) is 4.79 Å². The van der Waals surface area contributed by atoms with Gasteiger partial charge in [0, 0.05) is 12.1 Å². The van der Waals surface area contributed by atoms with Crippen LogP contribution in [0.25, 0.3) is 0 Å². The molecule has 1 fully saturated rings. The number of amides is 1. The third-order valence-corrected chi connectivity index (χ3v) is 4.21. The molecule has 0 radical (unpaired) electrons. The molecule has 2 N–H and O–H groups in total. The van der Waals surface area contributed by atoms with Gasteiger partial charge in [-0.05, 0) is 52.2 Å². The normalized spacial score (nSPS) is 22.4. The average Bonchev–Trinajstić information content (AvgIpc) is 2.71. The fraction of sp³-hybridized carbons (Fsp3) is 0.722. The number of furan rings is 1. The maximum Gasteiger partial charge on any atom is 0.407 e. The van der Waals surface area contributed by atoms with E-state index in [1.54, 1.807) is 6.26 Å². The molecule has 2 unspecified atom stereocenters. The maximum absolute atomic E-state index is 12.1. The molecule has 0 bridgehead atoms. The number of rotatable bonds is 4. The Morgan fingerprint density at radius 3 is 2.57 bits per heavy atom. The zero-order valence-electron chi connectivity index (χ0n) is 14.8. The fourth-order valence-corrected chi connectivity index (χ4v) is 2.99. The van der Waals surface area contributed by atoms with Gasteiger partial charge in [-0.15, -0.1) is 0 Å². The third-order valence-electron chi connectivity index (χ3n) is 4.21. The molecule has 2 atom stereocenters. The summed E-state index contributed by atoms with van der Waals surface area (Å²) < 4.78 is 10.9. The van der Waals surface area contributed by atoms with Gasteiger partial charge in [-0.2, -0.15) is 0 Å². The van der Waals surface area contributed by atoms with Crippen LogP contribution in [0.4, 0.5) is 4.79 Å². The van der Waals surface area contributed by atoms with Crippen LogP contribution in [0.1, 0.15) is 64.2 Å². The zero-order chi connectivity index (χ0) is 16.9. The molecule has 1 amide bonds. The standard InChI is InChI=1S/C18H30N2O3/c1-13-10-11-22-16(13)12-19-14-8-6-5-7-9-15(14)20-17(21)23-18(2,3)4/h10-11,14-15,19H,5-9,12H2,1-4H3,(H,20,21). The first-order valence-corrected chi connectivity index (χ1v) is 8.61. The topological polar surface area (TPSA) is 63.5 Å². The Labute approximate surface area is 139 Å². The molecular formula is C18H30N2O3. The first-order valence-electron chi connectivity index (χ1n) is 8.61. The lowest BCUT2D eigenvalue weighted by atomic mass is 10.0. The highest BCUT2D eigenvalue weighted by Gasteiger charge is 2.27. The predicted octanol–water partition coefficient (Wildman–Crippen LogP) is 3.90. The summed E-state index contributed by atoms with van der Waals surface area (Å²) in [6.45, 7) is 8.39. The van der Waals surface area contributed by atoms with Gasteiger partial charge in [0.1, 0.15) is 11.4 Å². The molecule has 1 aliphatic rings. The Balaban J connectivity index is 1.93. The molecule has 0 spiro atoms. The quantitative estimate of drug-likeness (QED) is 0.825. The summed E-state index contributed by atoms with van der Waals surface area (Å²) in [4.78, 5) is 12.1. The van der Waals surface area contributed by atoms with Crippen LogP contribution >= 0.6 is 0 Å². The highest BCUT2D eigenvalue weighted by molar-refractivity contribution is 5.68. The van der Waals surface area contributed by atoms with E-state index in [0.717, 1.165) is 30.6 Å². The summed E-state index contributed by atoms with van der Waals surface area (Å²) in [5.74, 6) is 0.963. The number of carbonyl (C=O) groups is 1. The molecular weight excluding hydrogens is 292 g/mol. The van der Waals surface area contributed by atoms with Crippen molar-refractivity contribution in [3.05, 3.63) is 23.7 Å². The van der Waals surface area contributed by atoms with Crippen LogP contribution < -0.4 is 10.6 Å². The van der Waals surface area contributed by atoms with Crippen molar-refractivity contribution in [1.29, 1.82) is 0 Å². The largest absolute Gasteiger partial charge is 0.468 e. The number of ether oxygens (including phenoxy) is 1. The summed E-state index contributed by atoms with van der Waals surface area (Å²) >= 11 is 0. The van der Waals surface area contributed by atoms with Crippen LogP contribution in [0.15, 0.2) is 16.7 Å². The van der Waals surface area contributed by atoms with Crippen LogP contribution in [-0.2, 0) is 11.3 Å². The first kappa shape index (κ1) is 17.9. The van der Waals surface area contributed by atoms with E-state index in [4.69, 9.17) is 9.15 Å². The molecule has 5 nitrogen and oxygen atoms in total. The number of carbonyl (C=O) groups excluding carboxylic acids is 1. The Bertz CT molecular complexity index is 505. The molecule has 23 heavy (non-hydrogen) atoms.